The van der Waals surface area contributed by atoms with Crippen molar-refractivity contribution in [3.05, 3.63) is 59.4 Å². The lowest BCUT2D eigenvalue weighted by molar-refractivity contribution is 0.580. The highest BCUT2D eigenvalue weighted by atomic mass is 32.2. The van der Waals surface area contributed by atoms with Gasteiger partial charge >= 0.3 is 0 Å². The Morgan fingerprint density at radius 2 is 1.84 bits per heavy atom. The van der Waals surface area contributed by atoms with Crippen molar-refractivity contribution < 1.29 is 8.42 Å². The second-order valence-electron chi connectivity index (χ2n) is 4.40. The van der Waals surface area contributed by atoms with Crippen LogP contribution in [-0.2, 0) is 16.6 Å². The predicted molar refractivity (Wildman–Crippen MR) is 74.2 cm³/mol. The van der Waals surface area contributed by atoms with E-state index in [9.17, 15) is 8.42 Å². The Balaban J connectivity index is 2.14. The molecule has 2 aromatic rings. The molecule has 100 valence electrons. The van der Waals surface area contributed by atoms with Crippen LogP contribution >= 0.6 is 0 Å². The maximum absolute atomic E-state index is 12.2. The number of sulfonamides is 1. The fourth-order valence-electron chi connectivity index (χ4n) is 1.72. The summed E-state index contributed by atoms with van der Waals surface area (Å²) in [7, 11) is -3.48. The summed E-state index contributed by atoms with van der Waals surface area (Å²) < 4.78 is 26.9. The average molecular weight is 276 g/mol. The van der Waals surface area contributed by atoms with Gasteiger partial charge in [-0.3, -0.25) is 4.98 Å². The lowest BCUT2D eigenvalue weighted by Crippen LogP contribution is -2.24. The van der Waals surface area contributed by atoms with Gasteiger partial charge in [-0.05, 0) is 37.1 Å². The van der Waals surface area contributed by atoms with E-state index in [1.54, 1.807) is 31.3 Å². The van der Waals surface area contributed by atoms with Crippen molar-refractivity contribution in [1.29, 1.82) is 0 Å². The Kier molecular flexibility index (Phi) is 3.97. The zero-order valence-corrected chi connectivity index (χ0v) is 11.7. The molecule has 0 aliphatic heterocycles. The summed E-state index contributed by atoms with van der Waals surface area (Å²) in [5.74, 6) is 0. The second-order valence-corrected chi connectivity index (χ2v) is 6.13. The van der Waals surface area contributed by atoms with Crippen LogP contribution in [0, 0.1) is 13.8 Å². The highest BCUT2D eigenvalue weighted by Gasteiger charge is 2.15. The molecule has 0 saturated carbocycles. The molecular formula is C14H16N2O2S. The molecule has 0 spiro atoms. The first-order valence-corrected chi connectivity index (χ1v) is 7.44. The van der Waals surface area contributed by atoms with Gasteiger partial charge in [0.2, 0.25) is 10.0 Å². The molecule has 1 N–H and O–H groups in total. The molecular weight excluding hydrogens is 260 g/mol. The van der Waals surface area contributed by atoms with Crippen LogP contribution in [0.3, 0.4) is 0 Å². The number of aromatic nitrogens is 1. The molecule has 1 aromatic heterocycles. The van der Waals surface area contributed by atoms with E-state index in [4.69, 9.17) is 0 Å². The molecule has 2 rings (SSSR count). The van der Waals surface area contributed by atoms with Gasteiger partial charge in [-0.2, -0.15) is 0 Å². The van der Waals surface area contributed by atoms with Crippen LogP contribution in [0.4, 0.5) is 0 Å². The van der Waals surface area contributed by atoms with Gasteiger partial charge in [-0.15, -0.1) is 0 Å². The highest BCUT2D eigenvalue weighted by Crippen LogP contribution is 2.14. The first-order chi connectivity index (χ1) is 8.99. The van der Waals surface area contributed by atoms with E-state index in [0.717, 1.165) is 16.8 Å². The van der Waals surface area contributed by atoms with E-state index in [1.165, 1.54) is 0 Å². The summed E-state index contributed by atoms with van der Waals surface area (Å²) in [6.07, 6.45) is 1.68. The van der Waals surface area contributed by atoms with Gasteiger partial charge in [0, 0.05) is 18.4 Å². The minimum Gasteiger partial charge on any atom is -0.261 e. The van der Waals surface area contributed by atoms with Gasteiger partial charge in [-0.25, -0.2) is 13.1 Å². The maximum Gasteiger partial charge on any atom is 0.241 e. The number of hydrogen-bond donors (Lipinski definition) is 1. The third-order valence-electron chi connectivity index (χ3n) is 2.82. The van der Waals surface area contributed by atoms with Crippen LogP contribution in [-0.4, -0.2) is 13.4 Å². The first-order valence-electron chi connectivity index (χ1n) is 5.96. The third-order valence-corrected chi connectivity index (χ3v) is 4.38. The van der Waals surface area contributed by atoms with E-state index in [1.807, 2.05) is 25.1 Å². The normalized spacial score (nSPS) is 11.5. The van der Waals surface area contributed by atoms with Gasteiger partial charge in [-0.1, -0.05) is 24.3 Å². The summed E-state index contributed by atoms with van der Waals surface area (Å²) in [5, 5.41) is 0. The highest BCUT2D eigenvalue weighted by molar-refractivity contribution is 7.89. The largest absolute Gasteiger partial charge is 0.261 e. The number of pyridine rings is 1. The molecule has 0 atom stereocenters. The molecule has 5 heteroatoms. The molecule has 1 heterocycles. The molecule has 0 amide bonds. The SMILES string of the molecule is Cc1ccc(CNS(=O)(=O)c2ccccc2C)cn1. The quantitative estimate of drug-likeness (QED) is 0.931. The predicted octanol–water partition coefficient (Wildman–Crippen LogP) is 2.18. The number of aryl methyl sites for hydroxylation is 2. The molecule has 1 aromatic carbocycles. The van der Waals surface area contributed by atoms with E-state index < -0.39 is 10.0 Å². The van der Waals surface area contributed by atoms with Crippen molar-refractivity contribution in [2.24, 2.45) is 0 Å². The monoisotopic (exact) mass is 276 g/mol. The standard InChI is InChI=1S/C14H16N2O2S/c1-11-5-3-4-6-14(11)19(17,18)16-10-13-8-7-12(2)15-9-13/h3-9,16H,10H2,1-2H3. The van der Waals surface area contributed by atoms with E-state index in [2.05, 4.69) is 9.71 Å². The second kappa shape index (κ2) is 5.50. The molecule has 0 saturated heterocycles. The van der Waals surface area contributed by atoms with Crippen molar-refractivity contribution in [1.82, 2.24) is 9.71 Å². The summed E-state index contributed by atoms with van der Waals surface area (Å²) in [6.45, 7) is 3.91. The Morgan fingerprint density at radius 3 is 2.47 bits per heavy atom. The van der Waals surface area contributed by atoms with Crippen molar-refractivity contribution in [3.63, 3.8) is 0 Å². The van der Waals surface area contributed by atoms with Crippen LogP contribution in [0.2, 0.25) is 0 Å². The number of hydrogen-bond acceptors (Lipinski definition) is 3. The number of nitrogens with one attached hydrogen (secondary N) is 1. The zero-order valence-electron chi connectivity index (χ0n) is 10.9. The van der Waals surface area contributed by atoms with Gasteiger partial charge in [0.15, 0.2) is 0 Å². The van der Waals surface area contributed by atoms with Crippen molar-refractivity contribution >= 4 is 10.0 Å². The molecule has 0 unspecified atom stereocenters. The van der Waals surface area contributed by atoms with Crippen LogP contribution in [0.25, 0.3) is 0 Å². The molecule has 4 nitrogen and oxygen atoms in total. The summed E-state index contributed by atoms with van der Waals surface area (Å²) in [4.78, 5) is 4.45. The Morgan fingerprint density at radius 1 is 1.11 bits per heavy atom. The summed E-state index contributed by atoms with van der Waals surface area (Å²) >= 11 is 0. The first kappa shape index (κ1) is 13.7. The van der Waals surface area contributed by atoms with Gasteiger partial charge in [0.1, 0.15) is 0 Å². The Labute approximate surface area is 113 Å². The molecule has 0 bridgehead atoms. The van der Waals surface area contributed by atoms with Crippen LogP contribution in [0.5, 0.6) is 0 Å². The van der Waals surface area contributed by atoms with Crippen LogP contribution in [0.1, 0.15) is 16.8 Å². The van der Waals surface area contributed by atoms with E-state index >= 15 is 0 Å². The van der Waals surface area contributed by atoms with Crippen LogP contribution < -0.4 is 4.72 Å². The minimum atomic E-state index is -3.48. The van der Waals surface area contributed by atoms with Crippen molar-refractivity contribution in [2.45, 2.75) is 25.3 Å². The van der Waals surface area contributed by atoms with Crippen molar-refractivity contribution in [3.8, 4) is 0 Å². The van der Waals surface area contributed by atoms with Gasteiger partial charge < -0.3 is 0 Å². The third kappa shape index (κ3) is 3.39. The lowest BCUT2D eigenvalue weighted by atomic mass is 10.2. The van der Waals surface area contributed by atoms with Gasteiger partial charge in [0.25, 0.3) is 0 Å². The fourth-order valence-corrected chi connectivity index (χ4v) is 2.98. The number of nitrogens with zero attached hydrogens (tertiary/aromatic N) is 1. The molecule has 0 aliphatic carbocycles. The summed E-state index contributed by atoms with van der Waals surface area (Å²) in [6, 6.07) is 10.6. The topological polar surface area (TPSA) is 59.1 Å². The summed E-state index contributed by atoms with van der Waals surface area (Å²) in [5.41, 5.74) is 2.48. The maximum atomic E-state index is 12.2. The number of rotatable bonds is 4. The average Bonchev–Trinajstić information content (AvgIpc) is 2.38. The molecule has 0 aliphatic rings. The van der Waals surface area contributed by atoms with Crippen molar-refractivity contribution in [2.75, 3.05) is 0 Å². The zero-order chi connectivity index (χ0) is 13.9. The lowest BCUT2D eigenvalue weighted by Gasteiger charge is -2.09. The fraction of sp³-hybridized carbons (Fsp3) is 0.214. The smallest absolute Gasteiger partial charge is 0.241 e. The van der Waals surface area contributed by atoms with E-state index in [0.29, 0.717) is 4.90 Å². The molecule has 0 radical (unpaired) electrons. The minimum absolute atomic E-state index is 0.240. The van der Waals surface area contributed by atoms with E-state index in [-0.39, 0.29) is 6.54 Å². The molecule has 0 fully saturated rings. The van der Waals surface area contributed by atoms with Crippen LogP contribution in [0.15, 0.2) is 47.5 Å². The Bertz CT molecular complexity index is 664. The number of benzene rings is 1. The van der Waals surface area contributed by atoms with Gasteiger partial charge in [0.05, 0.1) is 4.90 Å². The molecule has 19 heavy (non-hydrogen) atoms. The Hall–Kier alpha value is -1.72.